The zero-order valence-corrected chi connectivity index (χ0v) is 6.85. The lowest BCUT2D eigenvalue weighted by atomic mass is 10.8. The molecule has 0 N–H and O–H groups in total. The van der Waals surface area contributed by atoms with Crippen LogP contribution in [0.15, 0.2) is 4.99 Å². The van der Waals surface area contributed by atoms with Gasteiger partial charge >= 0.3 is 21.7 Å². The Kier molecular flexibility index (Phi) is 2.37. The second-order valence-electron chi connectivity index (χ2n) is 1.98. The predicted octanol–water partition coefficient (Wildman–Crippen LogP) is 0.239. The van der Waals surface area contributed by atoms with Crippen molar-refractivity contribution in [2.45, 2.75) is 5.51 Å². The molecule has 1 aliphatic rings. The van der Waals surface area contributed by atoms with Gasteiger partial charge in [-0.3, -0.25) is 0 Å². The van der Waals surface area contributed by atoms with E-state index in [9.17, 15) is 21.6 Å². The standard InChI is InChI=1S/C4H4F3NO4S/c5-4(6,7)13(9,10)12-3-8-1-2-11-3/h1-2H2. The molecule has 0 aliphatic carbocycles. The van der Waals surface area contributed by atoms with Gasteiger partial charge in [0.2, 0.25) is 0 Å². The summed E-state index contributed by atoms with van der Waals surface area (Å²) in [5.41, 5.74) is -5.46. The molecule has 0 fully saturated rings. The maximum absolute atomic E-state index is 11.7. The molecule has 0 unspecified atom stereocenters. The molecule has 0 aromatic carbocycles. The van der Waals surface area contributed by atoms with Crippen molar-refractivity contribution in [3.63, 3.8) is 0 Å². The predicted molar refractivity (Wildman–Crippen MR) is 34.3 cm³/mol. The summed E-state index contributed by atoms with van der Waals surface area (Å²) in [6.07, 6.45) is -0.864. The molecule has 0 atom stereocenters. The maximum Gasteiger partial charge on any atom is 0.534 e. The summed E-state index contributed by atoms with van der Waals surface area (Å²) in [7, 11) is -5.64. The van der Waals surface area contributed by atoms with Gasteiger partial charge in [0, 0.05) is 0 Å². The third-order valence-electron chi connectivity index (χ3n) is 1.02. The van der Waals surface area contributed by atoms with Crippen LogP contribution in [-0.2, 0) is 19.0 Å². The van der Waals surface area contributed by atoms with Crippen LogP contribution in [-0.4, -0.2) is 33.2 Å². The van der Waals surface area contributed by atoms with Crippen molar-refractivity contribution >= 4 is 16.2 Å². The minimum Gasteiger partial charge on any atom is -0.448 e. The van der Waals surface area contributed by atoms with Gasteiger partial charge in [0.15, 0.2) is 0 Å². The van der Waals surface area contributed by atoms with Gasteiger partial charge in [-0.2, -0.15) is 21.6 Å². The Hall–Kier alpha value is -0.990. The fourth-order valence-electron chi connectivity index (χ4n) is 0.507. The molecule has 0 saturated carbocycles. The molecule has 76 valence electrons. The summed E-state index contributed by atoms with van der Waals surface area (Å²) >= 11 is 0. The first-order valence-corrected chi connectivity index (χ1v) is 4.42. The number of ether oxygens (including phenoxy) is 1. The number of hydrogen-bond donors (Lipinski definition) is 0. The quantitative estimate of drug-likeness (QED) is 0.468. The van der Waals surface area contributed by atoms with E-state index >= 15 is 0 Å². The molecule has 0 aromatic heterocycles. The summed E-state index contributed by atoms with van der Waals surface area (Å²) in [5, 5.41) is 0. The van der Waals surface area contributed by atoms with Gasteiger partial charge in [-0.25, -0.2) is 4.99 Å². The minimum absolute atomic E-state index is 0.0166. The van der Waals surface area contributed by atoms with Gasteiger partial charge in [-0.05, 0) is 0 Å². The van der Waals surface area contributed by atoms with E-state index in [0.29, 0.717) is 0 Å². The van der Waals surface area contributed by atoms with Gasteiger partial charge in [-0.1, -0.05) is 0 Å². The van der Waals surface area contributed by atoms with E-state index in [1.165, 1.54) is 0 Å². The van der Waals surface area contributed by atoms with Crippen molar-refractivity contribution in [2.24, 2.45) is 4.99 Å². The van der Waals surface area contributed by atoms with E-state index in [1.54, 1.807) is 0 Å². The molecule has 0 aromatic rings. The van der Waals surface area contributed by atoms with Crippen LogP contribution in [0.5, 0.6) is 0 Å². The van der Waals surface area contributed by atoms with Gasteiger partial charge in [0.25, 0.3) is 0 Å². The molecule has 9 heteroatoms. The van der Waals surface area contributed by atoms with Crippen LogP contribution in [0.2, 0.25) is 0 Å². The smallest absolute Gasteiger partial charge is 0.448 e. The van der Waals surface area contributed by atoms with Crippen molar-refractivity contribution in [2.75, 3.05) is 13.2 Å². The molecule has 0 amide bonds. The van der Waals surface area contributed by atoms with Crippen molar-refractivity contribution in [1.82, 2.24) is 0 Å². The lowest BCUT2D eigenvalue weighted by molar-refractivity contribution is -0.0513. The monoisotopic (exact) mass is 219 g/mol. The Bertz CT molecular complexity index is 319. The summed E-state index contributed by atoms with van der Waals surface area (Å²) in [6, 6.07) is 0. The second-order valence-corrected chi connectivity index (χ2v) is 3.52. The highest BCUT2D eigenvalue weighted by atomic mass is 32.2. The molecule has 0 radical (unpaired) electrons. The summed E-state index contributed by atoms with van der Waals surface area (Å²) < 4.78 is 63.5. The van der Waals surface area contributed by atoms with Crippen LogP contribution in [0.4, 0.5) is 13.2 Å². The Morgan fingerprint density at radius 3 is 2.46 bits per heavy atom. The van der Waals surface area contributed by atoms with E-state index in [-0.39, 0.29) is 13.2 Å². The number of alkyl halides is 3. The van der Waals surface area contributed by atoms with E-state index in [0.717, 1.165) is 0 Å². The minimum atomic E-state index is -5.64. The summed E-state index contributed by atoms with van der Waals surface area (Å²) in [5.74, 6) is 0. The Balaban J connectivity index is 2.73. The van der Waals surface area contributed by atoms with Crippen LogP contribution in [0.3, 0.4) is 0 Å². The molecule has 0 bridgehead atoms. The van der Waals surface area contributed by atoms with Crippen LogP contribution in [0.25, 0.3) is 0 Å². The average molecular weight is 219 g/mol. The summed E-state index contributed by atoms with van der Waals surface area (Å²) in [4.78, 5) is 3.23. The molecule has 0 saturated heterocycles. The highest BCUT2D eigenvalue weighted by molar-refractivity contribution is 7.88. The first kappa shape index (κ1) is 10.1. The average Bonchev–Trinajstić information content (AvgIpc) is 2.35. The van der Waals surface area contributed by atoms with E-state index in [2.05, 4.69) is 13.9 Å². The van der Waals surface area contributed by atoms with Crippen LogP contribution < -0.4 is 0 Å². The second kappa shape index (κ2) is 3.05. The highest BCUT2D eigenvalue weighted by Gasteiger charge is 2.49. The molecule has 1 heterocycles. The summed E-state index contributed by atoms with van der Waals surface area (Å²) in [6.45, 7) is 0.103. The van der Waals surface area contributed by atoms with Crippen LogP contribution in [0, 0.1) is 0 Å². The topological polar surface area (TPSA) is 65.0 Å². The largest absolute Gasteiger partial charge is 0.534 e. The Labute approximate surface area is 71.3 Å². The number of aliphatic imine (C=N–C) groups is 1. The van der Waals surface area contributed by atoms with Crippen LogP contribution >= 0.6 is 0 Å². The Morgan fingerprint density at radius 2 is 2.08 bits per heavy atom. The molecule has 1 rings (SSSR count). The van der Waals surface area contributed by atoms with Crippen molar-refractivity contribution in [3.8, 4) is 0 Å². The molecule has 0 spiro atoms. The van der Waals surface area contributed by atoms with Gasteiger partial charge in [0.05, 0.1) is 6.54 Å². The van der Waals surface area contributed by atoms with Crippen molar-refractivity contribution in [1.29, 1.82) is 0 Å². The lowest BCUT2D eigenvalue weighted by Gasteiger charge is -2.07. The van der Waals surface area contributed by atoms with Crippen molar-refractivity contribution < 1.29 is 30.5 Å². The first-order valence-electron chi connectivity index (χ1n) is 3.01. The zero-order chi connectivity index (χ0) is 10.1. The van der Waals surface area contributed by atoms with Crippen molar-refractivity contribution in [3.05, 3.63) is 0 Å². The SMILES string of the molecule is O=S(=O)(OC1=NCCO1)C(F)(F)F. The van der Waals surface area contributed by atoms with Gasteiger partial charge in [-0.15, -0.1) is 0 Å². The third kappa shape index (κ3) is 2.23. The number of halogens is 3. The van der Waals surface area contributed by atoms with E-state index in [1.807, 2.05) is 0 Å². The van der Waals surface area contributed by atoms with Gasteiger partial charge < -0.3 is 8.92 Å². The fraction of sp³-hybridized carbons (Fsp3) is 0.750. The third-order valence-corrected chi connectivity index (χ3v) is 1.95. The van der Waals surface area contributed by atoms with Crippen LogP contribution in [0.1, 0.15) is 0 Å². The molecule has 1 aliphatic heterocycles. The molecule has 5 nitrogen and oxygen atoms in total. The molecule has 13 heavy (non-hydrogen) atoms. The molecular weight excluding hydrogens is 215 g/mol. The van der Waals surface area contributed by atoms with E-state index < -0.39 is 21.7 Å². The number of rotatable bonds is 1. The maximum atomic E-state index is 11.7. The zero-order valence-electron chi connectivity index (χ0n) is 6.04. The first-order chi connectivity index (χ1) is 5.83. The molecular formula is C4H4F3NO4S. The Morgan fingerprint density at radius 1 is 1.46 bits per heavy atom. The fourth-order valence-corrected chi connectivity index (χ4v) is 0.890. The number of hydrogen-bond acceptors (Lipinski definition) is 5. The van der Waals surface area contributed by atoms with Gasteiger partial charge in [0.1, 0.15) is 6.61 Å². The highest BCUT2D eigenvalue weighted by Crippen LogP contribution is 2.25. The lowest BCUT2D eigenvalue weighted by Crippen LogP contribution is -2.28. The normalized spacial score (nSPS) is 17.9. The number of nitrogens with zero attached hydrogens (tertiary/aromatic N) is 1. The van der Waals surface area contributed by atoms with E-state index in [4.69, 9.17) is 0 Å².